The maximum absolute atomic E-state index is 10.9. The van der Waals surface area contributed by atoms with E-state index < -0.39 is 4.92 Å². The second kappa shape index (κ2) is 4.84. The first kappa shape index (κ1) is 13.0. The molecule has 6 nitrogen and oxygen atoms in total. The first-order valence-corrected chi connectivity index (χ1v) is 6.67. The Kier molecular flexibility index (Phi) is 3.15. The molecule has 0 N–H and O–H groups in total. The summed E-state index contributed by atoms with van der Waals surface area (Å²) in [5.41, 5.74) is 0.610. The summed E-state index contributed by atoms with van der Waals surface area (Å²) < 4.78 is 2.18. The van der Waals surface area contributed by atoms with Gasteiger partial charge in [-0.1, -0.05) is 11.6 Å². The van der Waals surface area contributed by atoms with Crippen LogP contribution in [0.3, 0.4) is 0 Å². The van der Waals surface area contributed by atoms with Crippen LogP contribution in [0.2, 0.25) is 5.02 Å². The van der Waals surface area contributed by atoms with E-state index >= 15 is 0 Å². The van der Waals surface area contributed by atoms with E-state index in [2.05, 4.69) is 26.0 Å². The predicted octanol–water partition coefficient (Wildman–Crippen LogP) is 3.74. The Morgan fingerprint density at radius 2 is 2.10 bits per heavy atom. The number of aromatic nitrogens is 3. The molecule has 20 heavy (non-hydrogen) atoms. The summed E-state index contributed by atoms with van der Waals surface area (Å²) in [5.74, 6) is 0.518. The summed E-state index contributed by atoms with van der Waals surface area (Å²) in [5, 5.41) is 16.4. The van der Waals surface area contributed by atoms with Crippen LogP contribution in [0.25, 0.3) is 16.7 Å². The van der Waals surface area contributed by atoms with Crippen LogP contribution in [0.1, 0.15) is 0 Å². The van der Waals surface area contributed by atoms with Gasteiger partial charge in [0.1, 0.15) is 0 Å². The quantitative estimate of drug-likeness (QED) is 0.519. The highest BCUT2D eigenvalue weighted by molar-refractivity contribution is 9.10. The molecule has 1 aromatic carbocycles. The van der Waals surface area contributed by atoms with Crippen molar-refractivity contribution < 1.29 is 4.92 Å². The van der Waals surface area contributed by atoms with Crippen LogP contribution in [0.4, 0.5) is 5.69 Å². The smallest absolute Gasteiger partial charge is 0.258 e. The van der Waals surface area contributed by atoms with Crippen molar-refractivity contribution in [2.75, 3.05) is 0 Å². The van der Waals surface area contributed by atoms with Crippen molar-refractivity contribution >= 4 is 44.1 Å². The fourth-order valence-corrected chi connectivity index (χ4v) is 2.66. The molecule has 0 radical (unpaired) electrons. The van der Waals surface area contributed by atoms with Gasteiger partial charge in [-0.2, -0.15) is 5.10 Å². The molecule has 0 aliphatic carbocycles. The lowest BCUT2D eigenvalue weighted by Gasteiger charge is -2.05. The number of nitrogens with zero attached hydrogens (tertiary/aromatic N) is 4. The second-order valence-electron chi connectivity index (χ2n) is 4.02. The number of nitro benzene ring substituents is 1. The highest BCUT2D eigenvalue weighted by atomic mass is 79.9. The van der Waals surface area contributed by atoms with Crippen molar-refractivity contribution in [3.63, 3.8) is 0 Å². The van der Waals surface area contributed by atoms with Gasteiger partial charge in [0.15, 0.2) is 5.82 Å². The fraction of sp³-hybridized carbons (Fsp3) is 0. The van der Waals surface area contributed by atoms with Crippen LogP contribution in [0, 0.1) is 10.1 Å². The zero-order chi connectivity index (χ0) is 14.3. The first-order valence-electron chi connectivity index (χ1n) is 5.50. The number of halogens is 2. The molecule has 0 fully saturated rings. The second-order valence-corrected chi connectivity index (χ2v) is 5.31. The first-order chi connectivity index (χ1) is 9.56. The average molecular weight is 354 g/mol. The summed E-state index contributed by atoms with van der Waals surface area (Å²) in [6.45, 7) is 0. The Labute approximate surface area is 126 Å². The van der Waals surface area contributed by atoms with E-state index in [-0.39, 0.29) is 5.69 Å². The zero-order valence-electron chi connectivity index (χ0n) is 9.83. The van der Waals surface area contributed by atoms with Crippen molar-refractivity contribution in [2.45, 2.75) is 0 Å². The molecule has 0 bridgehead atoms. The van der Waals surface area contributed by atoms with E-state index in [0.29, 0.717) is 20.8 Å². The largest absolute Gasteiger partial charge is 0.271 e. The molecule has 3 rings (SSSR count). The lowest BCUT2D eigenvalue weighted by molar-refractivity contribution is -0.384. The summed E-state index contributed by atoms with van der Waals surface area (Å²) in [6, 6.07) is 6.25. The summed E-state index contributed by atoms with van der Waals surface area (Å²) >= 11 is 9.21. The van der Waals surface area contributed by atoms with Gasteiger partial charge in [-0.15, -0.1) is 0 Å². The molecular weight excluding hydrogens is 348 g/mol. The molecule has 0 unspecified atom stereocenters. The Morgan fingerprint density at radius 3 is 2.80 bits per heavy atom. The van der Waals surface area contributed by atoms with Crippen LogP contribution in [-0.4, -0.2) is 19.7 Å². The minimum Gasteiger partial charge on any atom is -0.258 e. The number of hydrogen-bond acceptors (Lipinski definition) is 4. The number of non-ortho nitro benzene ring substituents is 1. The third-order valence-electron chi connectivity index (χ3n) is 2.75. The van der Waals surface area contributed by atoms with Crippen LogP contribution < -0.4 is 0 Å². The molecule has 0 atom stereocenters. The van der Waals surface area contributed by atoms with Gasteiger partial charge in [0.25, 0.3) is 5.69 Å². The van der Waals surface area contributed by atoms with E-state index in [1.54, 1.807) is 18.3 Å². The number of fused-ring (bicyclic) bond motifs is 1. The topological polar surface area (TPSA) is 73.8 Å². The van der Waals surface area contributed by atoms with E-state index in [9.17, 15) is 10.1 Å². The van der Waals surface area contributed by atoms with Gasteiger partial charge in [0.2, 0.25) is 0 Å². The molecule has 0 saturated heterocycles. The van der Waals surface area contributed by atoms with E-state index in [1.807, 2.05) is 0 Å². The Balaban J connectivity index is 2.25. The monoisotopic (exact) mass is 352 g/mol. The summed E-state index contributed by atoms with van der Waals surface area (Å²) in [4.78, 5) is 14.6. The van der Waals surface area contributed by atoms with Gasteiger partial charge in [0.05, 0.1) is 26.1 Å². The molecule has 0 amide bonds. The van der Waals surface area contributed by atoms with E-state index in [0.717, 1.165) is 5.39 Å². The molecule has 2 aromatic heterocycles. The van der Waals surface area contributed by atoms with Gasteiger partial charge in [0, 0.05) is 23.7 Å². The third kappa shape index (κ3) is 2.14. The molecule has 0 aliphatic rings. The molecule has 0 spiro atoms. The normalized spacial score (nSPS) is 10.9. The lowest BCUT2D eigenvalue weighted by atomic mass is 10.2. The molecule has 8 heteroatoms. The van der Waals surface area contributed by atoms with Gasteiger partial charge in [-0.05, 0) is 28.1 Å². The maximum Gasteiger partial charge on any atom is 0.271 e. The highest BCUT2D eigenvalue weighted by Gasteiger charge is 2.13. The van der Waals surface area contributed by atoms with Gasteiger partial charge in [-0.3, -0.25) is 10.1 Å². The van der Waals surface area contributed by atoms with Gasteiger partial charge in [-0.25, -0.2) is 9.67 Å². The molecule has 100 valence electrons. The number of nitro groups is 1. The van der Waals surface area contributed by atoms with Gasteiger partial charge >= 0.3 is 0 Å². The van der Waals surface area contributed by atoms with E-state index in [4.69, 9.17) is 11.6 Å². The van der Waals surface area contributed by atoms with E-state index in [1.165, 1.54) is 23.0 Å². The SMILES string of the molecule is O=[N+]([O-])c1ccc2cnn(-c3ncc(Cl)cc3Br)c2c1. The summed E-state index contributed by atoms with van der Waals surface area (Å²) in [7, 11) is 0. The number of pyridine rings is 1. The van der Waals surface area contributed by atoms with Crippen molar-refractivity contribution in [3.05, 3.63) is 56.3 Å². The van der Waals surface area contributed by atoms with Crippen LogP contribution >= 0.6 is 27.5 Å². The van der Waals surface area contributed by atoms with Crippen molar-refractivity contribution in [1.82, 2.24) is 14.8 Å². The Morgan fingerprint density at radius 1 is 1.30 bits per heavy atom. The molecule has 2 heterocycles. The number of rotatable bonds is 2. The summed E-state index contributed by atoms with van der Waals surface area (Å²) in [6.07, 6.45) is 3.12. The maximum atomic E-state index is 10.9. The van der Waals surface area contributed by atoms with Crippen molar-refractivity contribution in [2.24, 2.45) is 0 Å². The van der Waals surface area contributed by atoms with Crippen LogP contribution in [0.15, 0.2) is 41.1 Å². The highest BCUT2D eigenvalue weighted by Crippen LogP contribution is 2.27. The average Bonchev–Trinajstić information content (AvgIpc) is 2.81. The molecular formula is C12H6BrClN4O2. The third-order valence-corrected chi connectivity index (χ3v) is 3.54. The number of benzene rings is 1. The van der Waals surface area contributed by atoms with Crippen molar-refractivity contribution in [3.8, 4) is 5.82 Å². The Bertz CT molecular complexity index is 833. The standard InChI is InChI=1S/C12H6BrClN4O2/c13-10-3-8(14)6-15-12(10)17-11-4-9(18(19)20)2-1-7(11)5-16-17/h1-6H. The molecule has 0 aliphatic heterocycles. The minimum absolute atomic E-state index is 0.00401. The zero-order valence-corrected chi connectivity index (χ0v) is 12.2. The minimum atomic E-state index is -0.443. The van der Waals surface area contributed by atoms with Crippen LogP contribution in [-0.2, 0) is 0 Å². The number of hydrogen-bond donors (Lipinski definition) is 0. The molecule has 3 aromatic rings. The lowest BCUT2D eigenvalue weighted by Crippen LogP contribution is -2.00. The predicted molar refractivity (Wildman–Crippen MR) is 78.2 cm³/mol. The Hall–Kier alpha value is -1.99. The fourth-order valence-electron chi connectivity index (χ4n) is 1.85. The molecule has 0 saturated carbocycles. The van der Waals surface area contributed by atoms with Gasteiger partial charge < -0.3 is 0 Å². The van der Waals surface area contributed by atoms with Crippen molar-refractivity contribution in [1.29, 1.82) is 0 Å². The van der Waals surface area contributed by atoms with Crippen LogP contribution in [0.5, 0.6) is 0 Å².